The first kappa shape index (κ1) is 11.4. The van der Waals surface area contributed by atoms with Crippen LogP contribution in [0.4, 0.5) is 4.39 Å². The first-order chi connectivity index (χ1) is 9.22. The SMILES string of the molecule is Cn1c(-c2cncc(F)c2)c(C#N)c2ccccc21. The Kier molecular flexibility index (Phi) is 2.53. The third kappa shape index (κ3) is 1.67. The summed E-state index contributed by atoms with van der Waals surface area (Å²) in [5.41, 5.74) is 2.79. The minimum atomic E-state index is -0.411. The molecule has 0 radical (unpaired) electrons. The number of aryl methyl sites for hydroxylation is 1. The van der Waals surface area contributed by atoms with Crippen LogP contribution in [0, 0.1) is 17.1 Å². The van der Waals surface area contributed by atoms with Crippen molar-refractivity contribution in [2.45, 2.75) is 0 Å². The minimum absolute atomic E-state index is 0.411. The Balaban J connectivity index is 2.42. The highest BCUT2D eigenvalue weighted by Gasteiger charge is 2.16. The van der Waals surface area contributed by atoms with Gasteiger partial charge in [0.2, 0.25) is 0 Å². The minimum Gasteiger partial charge on any atom is -0.342 e. The number of pyridine rings is 1. The lowest BCUT2D eigenvalue weighted by molar-refractivity contribution is 0.622. The molecule has 4 heteroatoms. The molecule has 2 aromatic heterocycles. The average molecular weight is 251 g/mol. The van der Waals surface area contributed by atoms with Gasteiger partial charge in [-0.05, 0) is 12.1 Å². The molecule has 0 aliphatic heterocycles. The largest absolute Gasteiger partial charge is 0.342 e. The van der Waals surface area contributed by atoms with E-state index in [0.29, 0.717) is 16.8 Å². The number of halogens is 1. The molecular weight excluding hydrogens is 241 g/mol. The molecule has 0 N–H and O–H groups in total. The smallest absolute Gasteiger partial charge is 0.142 e. The Morgan fingerprint density at radius 2 is 2.05 bits per heavy atom. The number of hydrogen-bond donors (Lipinski definition) is 0. The highest BCUT2D eigenvalue weighted by molar-refractivity contribution is 5.94. The number of aromatic nitrogens is 2. The van der Waals surface area contributed by atoms with Crippen LogP contribution in [0.25, 0.3) is 22.2 Å². The number of nitriles is 1. The van der Waals surface area contributed by atoms with Crippen LogP contribution in [0.5, 0.6) is 0 Å². The van der Waals surface area contributed by atoms with E-state index in [9.17, 15) is 9.65 Å². The van der Waals surface area contributed by atoms with E-state index >= 15 is 0 Å². The maximum Gasteiger partial charge on any atom is 0.142 e. The average Bonchev–Trinajstić information content (AvgIpc) is 2.72. The van der Waals surface area contributed by atoms with E-state index in [4.69, 9.17) is 0 Å². The molecule has 3 aromatic rings. The zero-order valence-corrected chi connectivity index (χ0v) is 10.3. The summed E-state index contributed by atoms with van der Waals surface area (Å²) in [6, 6.07) is 11.2. The summed E-state index contributed by atoms with van der Waals surface area (Å²) in [5, 5.41) is 10.3. The van der Waals surface area contributed by atoms with Crippen LogP contribution < -0.4 is 0 Å². The molecule has 92 valence electrons. The van der Waals surface area contributed by atoms with Crippen LogP contribution in [-0.4, -0.2) is 9.55 Å². The third-order valence-corrected chi connectivity index (χ3v) is 3.20. The standard InChI is InChI=1S/C15H10FN3/c1-19-14-5-3-2-4-12(14)13(7-17)15(19)10-6-11(16)9-18-8-10/h2-6,8-9H,1H3. The summed E-state index contributed by atoms with van der Waals surface area (Å²) in [6.07, 6.45) is 2.72. The molecule has 0 atom stereocenters. The van der Waals surface area contributed by atoms with Gasteiger partial charge < -0.3 is 4.57 Å². The summed E-state index contributed by atoms with van der Waals surface area (Å²) >= 11 is 0. The van der Waals surface area contributed by atoms with Gasteiger partial charge in [-0.3, -0.25) is 4.98 Å². The number of nitrogens with zero attached hydrogens (tertiary/aromatic N) is 3. The van der Waals surface area contributed by atoms with Crippen molar-refractivity contribution in [3.8, 4) is 17.3 Å². The summed E-state index contributed by atoms with van der Waals surface area (Å²) in [4.78, 5) is 3.85. The zero-order chi connectivity index (χ0) is 13.4. The zero-order valence-electron chi connectivity index (χ0n) is 10.3. The van der Waals surface area contributed by atoms with Crippen molar-refractivity contribution in [2.75, 3.05) is 0 Å². The third-order valence-electron chi connectivity index (χ3n) is 3.20. The van der Waals surface area contributed by atoms with Crippen molar-refractivity contribution in [3.05, 3.63) is 54.1 Å². The monoisotopic (exact) mass is 251 g/mol. The molecule has 0 bridgehead atoms. The van der Waals surface area contributed by atoms with Crippen molar-refractivity contribution in [2.24, 2.45) is 7.05 Å². The van der Waals surface area contributed by atoms with Crippen molar-refractivity contribution in [1.82, 2.24) is 9.55 Å². The highest BCUT2D eigenvalue weighted by atomic mass is 19.1. The van der Waals surface area contributed by atoms with E-state index < -0.39 is 5.82 Å². The van der Waals surface area contributed by atoms with Crippen LogP contribution in [0.2, 0.25) is 0 Å². The van der Waals surface area contributed by atoms with Gasteiger partial charge in [-0.25, -0.2) is 4.39 Å². The first-order valence-electron chi connectivity index (χ1n) is 5.81. The fourth-order valence-electron chi connectivity index (χ4n) is 2.39. The molecule has 2 heterocycles. The van der Waals surface area contributed by atoms with E-state index in [-0.39, 0.29) is 0 Å². The van der Waals surface area contributed by atoms with Gasteiger partial charge in [0.1, 0.15) is 11.9 Å². The maximum atomic E-state index is 13.3. The Morgan fingerprint density at radius 3 is 2.79 bits per heavy atom. The summed E-state index contributed by atoms with van der Waals surface area (Å²) in [6.45, 7) is 0. The van der Waals surface area contributed by atoms with Gasteiger partial charge in [-0.1, -0.05) is 18.2 Å². The fourth-order valence-corrected chi connectivity index (χ4v) is 2.39. The lowest BCUT2D eigenvalue weighted by Gasteiger charge is -2.04. The van der Waals surface area contributed by atoms with Gasteiger partial charge in [0, 0.05) is 29.7 Å². The van der Waals surface area contributed by atoms with E-state index in [1.165, 1.54) is 6.07 Å². The predicted octanol–water partition coefficient (Wildman–Crippen LogP) is 3.25. The van der Waals surface area contributed by atoms with Gasteiger partial charge in [0.05, 0.1) is 17.5 Å². The number of fused-ring (bicyclic) bond motifs is 1. The molecule has 0 spiro atoms. The highest BCUT2D eigenvalue weighted by Crippen LogP contribution is 2.32. The molecule has 0 saturated heterocycles. The number of benzene rings is 1. The summed E-state index contributed by atoms with van der Waals surface area (Å²) < 4.78 is 15.2. The van der Waals surface area contributed by atoms with Gasteiger partial charge in [-0.2, -0.15) is 5.26 Å². The Bertz CT molecular complexity index is 812. The van der Waals surface area contributed by atoms with Gasteiger partial charge in [0.15, 0.2) is 0 Å². The van der Waals surface area contributed by atoms with Crippen LogP contribution in [-0.2, 0) is 7.05 Å². The van der Waals surface area contributed by atoms with Crippen molar-refractivity contribution in [3.63, 3.8) is 0 Å². The van der Waals surface area contributed by atoms with Crippen molar-refractivity contribution >= 4 is 10.9 Å². The molecule has 0 unspecified atom stereocenters. The fraction of sp³-hybridized carbons (Fsp3) is 0.0667. The van der Waals surface area contributed by atoms with Crippen molar-refractivity contribution < 1.29 is 4.39 Å². The number of para-hydroxylation sites is 1. The number of hydrogen-bond acceptors (Lipinski definition) is 2. The number of rotatable bonds is 1. The molecular formula is C15H10FN3. The van der Waals surface area contributed by atoms with E-state index in [0.717, 1.165) is 17.1 Å². The predicted molar refractivity (Wildman–Crippen MR) is 70.8 cm³/mol. The molecule has 1 aromatic carbocycles. The van der Waals surface area contributed by atoms with Gasteiger partial charge in [-0.15, -0.1) is 0 Å². The van der Waals surface area contributed by atoms with Gasteiger partial charge in [0.25, 0.3) is 0 Å². The summed E-state index contributed by atoms with van der Waals surface area (Å²) in [7, 11) is 1.86. The Labute approximate surface area is 109 Å². The molecule has 0 fully saturated rings. The lowest BCUT2D eigenvalue weighted by atomic mass is 10.1. The second-order valence-electron chi connectivity index (χ2n) is 4.30. The molecule has 0 amide bonds. The molecule has 0 aliphatic carbocycles. The van der Waals surface area contributed by atoms with Crippen LogP contribution in [0.1, 0.15) is 5.56 Å². The van der Waals surface area contributed by atoms with Crippen LogP contribution in [0.15, 0.2) is 42.7 Å². The molecule has 19 heavy (non-hydrogen) atoms. The first-order valence-corrected chi connectivity index (χ1v) is 5.81. The lowest BCUT2D eigenvalue weighted by Crippen LogP contribution is -1.94. The van der Waals surface area contributed by atoms with E-state index in [2.05, 4.69) is 11.1 Å². The molecule has 3 rings (SSSR count). The Hall–Kier alpha value is -2.67. The molecule has 0 saturated carbocycles. The van der Waals surface area contributed by atoms with Crippen LogP contribution in [0.3, 0.4) is 0 Å². The van der Waals surface area contributed by atoms with Crippen molar-refractivity contribution in [1.29, 1.82) is 5.26 Å². The maximum absolute atomic E-state index is 13.3. The van der Waals surface area contributed by atoms with Crippen LogP contribution >= 0.6 is 0 Å². The van der Waals surface area contributed by atoms with E-state index in [1.807, 2.05) is 35.9 Å². The molecule has 0 aliphatic rings. The quantitative estimate of drug-likeness (QED) is 0.666. The second kappa shape index (κ2) is 4.21. The van der Waals surface area contributed by atoms with Gasteiger partial charge >= 0.3 is 0 Å². The second-order valence-corrected chi connectivity index (χ2v) is 4.30. The Morgan fingerprint density at radius 1 is 1.26 bits per heavy atom. The summed E-state index contributed by atoms with van der Waals surface area (Å²) in [5.74, 6) is -0.411. The van der Waals surface area contributed by atoms with E-state index in [1.54, 1.807) is 6.20 Å². The molecule has 3 nitrogen and oxygen atoms in total. The normalized spacial score (nSPS) is 10.6. The topological polar surface area (TPSA) is 41.6 Å².